The topological polar surface area (TPSA) is 59.0 Å². The van der Waals surface area contributed by atoms with Gasteiger partial charge in [-0.25, -0.2) is 0 Å². The molecule has 2 aromatic rings. The van der Waals surface area contributed by atoms with E-state index in [9.17, 15) is 0 Å². The lowest BCUT2D eigenvalue weighted by Gasteiger charge is -2.10. The van der Waals surface area contributed by atoms with Gasteiger partial charge in [-0.05, 0) is 29.1 Å². The van der Waals surface area contributed by atoms with Gasteiger partial charge in [-0.1, -0.05) is 18.2 Å². The Bertz CT molecular complexity index is 531. The molecule has 1 aromatic heterocycles. The highest BCUT2D eigenvalue weighted by Gasteiger charge is 2.06. The van der Waals surface area contributed by atoms with Crippen LogP contribution in [0.3, 0.4) is 0 Å². The maximum Gasteiger partial charge on any atom is 0.122 e. The van der Waals surface area contributed by atoms with Crippen LogP contribution in [-0.2, 0) is 6.61 Å². The highest BCUT2D eigenvalue weighted by atomic mass is 32.1. The first-order valence-corrected chi connectivity index (χ1v) is 6.55. The first kappa shape index (κ1) is 12.6. The fourth-order valence-corrected chi connectivity index (χ4v) is 2.22. The molecule has 0 radical (unpaired) electrons. The van der Waals surface area contributed by atoms with Gasteiger partial charge in [0.2, 0.25) is 0 Å². The van der Waals surface area contributed by atoms with Crippen molar-refractivity contribution in [3.05, 3.63) is 52.2 Å². The van der Waals surface area contributed by atoms with Crippen LogP contribution in [0.15, 0.2) is 41.8 Å². The third-order valence-corrected chi connectivity index (χ3v) is 3.41. The Morgan fingerprint density at radius 3 is 2.94 bits per heavy atom. The lowest BCUT2D eigenvalue weighted by Crippen LogP contribution is -2.09. The summed E-state index contributed by atoms with van der Waals surface area (Å²) in [4.78, 5) is 1.18. The van der Waals surface area contributed by atoms with Crippen molar-refractivity contribution in [3.63, 3.8) is 0 Å². The zero-order valence-electron chi connectivity index (χ0n) is 9.87. The Morgan fingerprint density at radius 1 is 1.33 bits per heavy atom. The average Bonchev–Trinajstić information content (AvgIpc) is 2.90. The predicted octanol–water partition coefficient (Wildman–Crippen LogP) is 3.24. The van der Waals surface area contributed by atoms with E-state index < -0.39 is 0 Å². The van der Waals surface area contributed by atoms with Crippen molar-refractivity contribution in [2.75, 3.05) is 0 Å². The third-order valence-electron chi connectivity index (χ3n) is 2.56. The van der Waals surface area contributed by atoms with E-state index in [-0.39, 0.29) is 6.04 Å². The minimum Gasteiger partial charge on any atom is -0.488 e. The van der Waals surface area contributed by atoms with E-state index in [4.69, 9.17) is 15.7 Å². The number of ether oxygens (including phenoxy) is 1. The lowest BCUT2D eigenvalue weighted by molar-refractivity contribution is 0.309. The van der Waals surface area contributed by atoms with E-state index in [0.29, 0.717) is 13.0 Å². The van der Waals surface area contributed by atoms with Crippen LogP contribution < -0.4 is 10.5 Å². The molecule has 1 atom stereocenters. The second-order valence-electron chi connectivity index (χ2n) is 3.91. The fraction of sp³-hybridized carbons (Fsp3) is 0.214. The van der Waals surface area contributed by atoms with E-state index in [1.807, 2.05) is 41.8 Å². The quantitative estimate of drug-likeness (QED) is 0.895. The monoisotopic (exact) mass is 258 g/mol. The fourth-order valence-electron chi connectivity index (χ4n) is 1.60. The second-order valence-corrected chi connectivity index (χ2v) is 4.94. The molecular formula is C14H14N2OS. The molecule has 0 fully saturated rings. The molecule has 0 spiro atoms. The number of rotatable bonds is 5. The van der Waals surface area contributed by atoms with Gasteiger partial charge in [-0.15, -0.1) is 11.3 Å². The van der Waals surface area contributed by atoms with E-state index in [1.165, 1.54) is 4.88 Å². The van der Waals surface area contributed by atoms with Gasteiger partial charge in [0.05, 0.1) is 12.5 Å². The SMILES string of the molecule is N#CC[C@H](N)c1cccc(OCc2cccs2)c1. The van der Waals surface area contributed by atoms with E-state index in [2.05, 4.69) is 6.07 Å². The van der Waals surface area contributed by atoms with Crippen LogP contribution >= 0.6 is 11.3 Å². The van der Waals surface area contributed by atoms with Crippen molar-refractivity contribution in [1.82, 2.24) is 0 Å². The molecule has 18 heavy (non-hydrogen) atoms. The van der Waals surface area contributed by atoms with Gasteiger partial charge in [0.15, 0.2) is 0 Å². The summed E-state index contributed by atoms with van der Waals surface area (Å²) < 4.78 is 5.69. The molecule has 0 aliphatic carbocycles. The van der Waals surface area contributed by atoms with Crippen molar-refractivity contribution >= 4 is 11.3 Å². The lowest BCUT2D eigenvalue weighted by atomic mass is 10.1. The van der Waals surface area contributed by atoms with Gasteiger partial charge >= 0.3 is 0 Å². The van der Waals surface area contributed by atoms with Crippen molar-refractivity contribution in [1.29, 1.82) is 5.26 Å². The Balaban J connectivity index is 2.01. The number of hydrogen-bond donors (Lipinski definition) is 1. The number of nitrogens with zero attached hydrogens (tertiary/aromatic N) is 1. The van der Waals surface area contributed by atoms with Gasteiger partial charge in [-0.3, -0.25) is 0 Å². The Kier molecular flexibility index (Phi) is 4.35. The number of nitriles is 1. The van der Waals surface area contributed by atoms with Crippen LogP contribution in [-0.4, -0.2) is 0 Å². The molecule has 0 bridgehead atoms. The van der Waals surface area contributed by atoms with E-state index in [0.717, 1.165) is 11.3 Å². The molecular weight excluding hydrogens is 244 g/mol. The normalized spacial score (nSPS) is 11.8. The summed E-state index contributed by atoms with van der Waals surface area (Å²) in [6.45, 7) is 0.564. The van der Waals surface area contributed by atoms with Crippen LogP contribution in [0, 0.1) is 11.3 Å². The number of benzene rings is 1. The molecule has 1 heterocycles. The number of thiophene rings is 1. The summed E-state index contributed by atoms with van der Waals surface area (Å²) in [7, 11) is 0. The van der Waals surface area contributed by atoms with E-state index in [1.54, 1.807) is 11.3 Å². The molecule has 0 unspecified atom stereocenters. The zero-order valence-corrected chi connectivity index (χ0v) is 10.7. The molecule has 2 N–H and O–H groups in total. The molecule has 0 aliphatic rings. The maximum absolute atomic E-state index is 8.64. The Morgan fingerprint density at radius 2 is 2.22 bits per heavy atom. The molecule has 92 valence electrons. The smallest absolute Gasteiger partial charge is 0.122 e. The van der Waals surface area contributed by atoms with Gasteiger partial charge < -0.3 is 10.5 Å². The van der Waals surface area contributed by atoms with Crippen molar-refractivity contribution in [2.45, 2.75) is 19.1 Å². The minimum atomic E-state index is -0.250. The average molecular weight is 258 g/mol. The third kappa shape index (κ3) is 3.33. The molecule has 0 saturated carbocycles. The minimum absolute atomic E-state index is 0.250. The number of nitrogens with two attached hydrogens (primary N) is 1. The van der Waals surface area contributed by atoms with Gasteiger partial charge in [-0.2, -0.15) is 5.26 Å². The molecule has 2 rings (SSSR count). The van der Waals surface area contributed by atoms with Gasteiger partial charge in [0.25, 0.3) is 0 Å². The molecule has 3 nitrogen and oxygen atoms in total. The largest absolute Gasteiger partial charge is 0.488 e. The van der Waals surface area contributed by atoms with Crippen molar-refractivity contribution in [2.24, 2.45) is 5.73 Å². The zero-order chi connectivity index (χ0) is 12.8. The Labute approximate surface area is 110 Å². The van der Waals surface area contributed by atoms with Crippen molar-refractivity contribution < 1.29 is 4.74 Å². The molecule has 0 amide bonds. The predicted molar refractivity (Wildman–Crippen MR) is 72.3 cm³/mol. The number of hydrogen-bond acceptors (Lipinski definition) is 4. The molecule has 1 aromatic carbocycles. The maximum atomic E-state index is 8.64. The van der Waals surface area contributed by atoms with Crippen LogP contribution in [0.5, 0.6) is 5.75 Å². The standard InChI is InChI=1S/C14H14N2OS/c15-7-6-14(16)11-3-1-4-12(9-11)17-10-13-5-2-8-18-13/h1-5,8-9,14H,6,10,16H2/t14-/m0/s1. The van der Waals surface area contributed by atoms with E-state index >= 15 is 0 Å². The van der Waals surface area contributed by atoms with Crippen molar-refractivity contribution in [3.8, 4) is 11.8 Å². The van der Waals surface area contributed by atoms with Gasteiger partial charge in [0, 0.05) is 10.9 Å². The first-order valence-electron chi connectivity index (χ1n) is 5.67. The highest BCUT2D eigenvalue weighted by Crippen LogP contribution is 2.21. The summed E-state index contributed by atoms with van der Waals surface area (Å²) in [5.41, 5.74) is 6.82. The summed E-state index contributed by atoms with van der Waals surface area (Å²) in [5.74, 6) is 0.786. The molecule has 0 aliphatic heterocycles. The second kappa shape index (κ2) is 6.20. The van der Waals surface area contributed by atoms with Crippen LogP contribution in [0.1, 0.15) is 22.9 Å². The summed E-state index contributed by atoms with van der Waals surface area (Å²) >= 11 is 1.67. The first-order chi connectivity index (χ1) is 8.79. The summed E-state index contributed by atoms with van der Waals surface area (Å²) in [6.07, 6.45) is 0.314. The molecule has 4 heteroatoms. The van der Waals surface area contributed by atoms with Gasteiger partial charge in [0.1, 0.15) is 12.4 Å². The van der Waals surface area contributed by atoms with Crippen LogP contribution in [0.2, 0.25) is 0 Å². The molecule has 0 saturated heterocycles. The summed E-state index contributed by atoms with van der Waals surface area (Å²) in [6, 6.07) is 13.5. The summed E-state index contributed by atoms with van der Waals surface area (Å²) in [5, 5.41) is 10.7. The van der Waals surface area contributed by atoms with Crippen LogP contribution in [0.4, 0.5) is 0 Å². The van der Waals surface area contributed by atoms with Crippen LogP contribution in [0.25, 0.3) is 0 Å². The Hall–Kier alpha value is -1.83. The highest BCUT2D eigenvalue weighted by molar-refractivity contribution is 7.09.